The van der Waals surface area contributed by atoms with Gasteiger partial charge in [-0.15, -0.1) is 0 Å². The smallest absolute Gasteiger partial charge is 0.152 e. The molecule has 1 aliphatic heterocycles. The summed E-state index contributed by atoms with van der Waals surface area (Å²) in [5.41, 5.74) is 4.67. The van der Waals surface area contributed by atoms with E-state index in [1.807, 2.05) is 32.2 Å². The molecule has 0 saturated carbocycles. The molecule has 1 aliphatic rings. The summed E-state index contributed by atoms with van der Waals surface area (Å²) in [4.78, 5) is 16.5. The van der Waals surface area contributed by atoms with Gasteiger partial charge in [0.15, 0.2) is 5.58 Å². The second-order valence-corrected chi connectivity index (χ2v) is 5.95. The number of benzene rings is 1. The average Bonchev–Trinajstić information content (AvgIpc) is 3.01. The van der Waals surface area contributed by atoms with Gasteiger partial charge < -0.3 is 4.42 Å². The van der Waals surface area contributed by atoms with E-state index in [9.17, 15) is 4.79 Å². The molecule has 0 radical (unpaired) electrons. The molecule has 0 aliphatic carbocycles. The molecule has 1 aromatic carbocycles. The van der Waals surface area contributed by atoms with Crippen LogP contribution < -0.4 is 0 Å². The highest BCUT2D eigenvalue weighted by Crippen LogP contribution is 2.31. The van der Waals surface area contributed by atoms with Crippen LogP contribution >= 0.6 is 11.6 Å². The Labute approximate surface area is 128 Å². The molecular weight excluding hydrogens is 286 g/mol. The van der Waals surface area contributed by atoms with Gasteiger partial charge in [0.2, 0.25) is 0 Å². The topological polar surface area (TPSA) is 42.6 Å². The van der Waals surface area contributed by atoms with Crippen LogP contribution in [0.15, 0.2) is 39.6 Å². The number of rotatable bonds is 4. The molecular formula is C17H16ClNO2. The summed E-state index contributed by atoms with van der Waals surface area (Å²) in [6.45, 7) is 3.96. The first-order valence-corrected chi connectivity index (χ1v) is 7.30. The van der Waals surface area contributed by atoms with Crippen molar-refractivity contribution in [2.45, 2.75) is 33.1 Å². The van der Waals surface area contributed by atoms with Crippen LogP contribution in [0, 0.1) is 6.92 Å². The molecule has 21 heavy (non-hydrogen) atoms. The lowest BCUT2D eigenvalue weighted by Gasteiger charge is -2.01. The number of allylic oxidation sites excluding steroid dienone is 1. The van der Waals surface area contributed by atoms with E-state index in [1.165, 1.54) is 5.57 Å². The maximum Gasteiger partial charge on any atom is 0.152 e. The lowest BCUT2D eigenvalue weighted by Crippen LogP contribution is -2.09. The summed E-state index contributed by atoms with van der Waals surface area (Å²) in [5, 5.41) is 1.54. The zero-order valence-corrected chi connectivity index (χ0v) is 12.8. The van der Waals surface area contributed by atoms with E-state index in [1.54, 1.807) is 6.26 Å². The fraction of sp³-hybridized carbons (Fsp3) is 0.294. The SMILES string of the molecule is CC1=CN=C(CC(=O)Cc2coc3c(Cl)c(C)ccc23)C1. The summed E-state index contributed by atoms with van der Waals surface area (Å²) in [6, 6.07) is 3.91. The molecule has 4 heteroatoms. The molecule has 0 fully saturated rings. The first-order valence-electron chi connectivity index (χ1n) is 6.92. The Morgan fingerprint density at radius 2 is 2.14 bits per heavy atom. The maximum atomic E-state index is 12.2. The van der Waals surface area contributed by atoms with Crippen LogP contribution in [0.1, 0.15) is 30.9 Å². The zero-order valence-electron chi connectivity index (χ0n) is 12.1. The minimum absolute atomic E-state index is 0.149. The van der Waals surface area contributed by atoms with Crippen molar-refractivity contribution < 1.29 is 9.21 Å². The number of furan rings is 1. The van der Waals surface area contributed by atoms with Crippen LogP contribution in [0.2, 0.25) is 5.02 Å². The zero-order chi connectivity index (χ0) is 15.0. The Morgan fingerprint density at radius 1 is 1.33 bits per heavy atom. The molecule has 0 atom stereocenters. The predicted molar refractivity (Wildman–Crippen MR) is 85.1 cm³/mol. The van der Waals surface area contributed by atoms with Gasteiger partial charge >= 0.3 is 0 Å². The highest BCUT2D eigenvalue weighted by atomic mass is 35.5. The van der Waals surface area contributed by atoms with Crippen LogP contribution in [-0.2, 0) is 11.2 Å². The summed E-state index contributed by atoms with van der Waals surface area (Å²) in [6.07, 6.45) is 5.03. The number of halogens is 1. The van der Waals surface area contributed by atoms with Crippen LogP contribution in [0.5, 0.6) is 0 Å². The molecule has 0 bridgehead atoms. The van der Waals surface area contributed by atoms with Crippen molar-refractivity contribution in [3.8, 4) is 0 Å². The highest BCUT2D eigenvalue weighted by molar-refractivity contribution is 6.35. The number of fused-ring (bicyclic) bond motifs is 1. The maximum absolute atomic E-state index is 12.2. The normalized spacial score (nSPS) is 14.4. The molecule has 3 nitrogen and oxygen atoms in total. The number of carbonyl (C=O) groups is 1. The van der Waals surface area contributed by atoms with Crippen molar-refractivity contribution in [1.82, 2.24) is 0 Å². The van der Waals surface area contributed by atoms with Gasteiger partial charge in [-0.2, -0.15) is 0 Å². The standard InChI is InChI=1S/C17H16ClNO2/c1-10-5-13(19-8-10)7-14(20)6-12-9-21-17-15(12)4-3-11(2)16(17)18/h3-4,8-9H,5-7H2,1-2H3. The second-order valence-electron chi connectivity index (χ2n) is 5.57. The molecule has 0 amide bonds. The van der Waals surface area contributed by atoms with Crippen molar-refractivity contribution in [1.29, 1.82) is 0 Å². The molecule has 0 spiro atoms. The molecule has 0 N–H and O–H groups in total. The van der Waals surface area contributed by atoms with Gasteiger partial charge in [0.25, 0.3) is 0 Å². The molecule has 108 valence electrons. The van der Waals surface area contributed by atoms with E-state index in [0.717, 1.165) is 28.6 Å². The Balaban J connectivity index is 1.76. The number of aliphatic imine (C=N–C) groups is 1. The molecule has 0 saturated heterocycles. The van der Waals surface area contributed by atoms with Crippen molar-refractivity contribution >= 4 is 34.1 Å². The minimum atomic E-state index is 0.149. The quantitative estimate of drug-likeness (QED) is 0.825. The second kappa shape index (κ2) is 5.49. The highest BCUT2D eigenvalue weighted by Gasteiger charge is 2.16. The molecule has 3 rings (SSSR count). The van der Waals surface area contributed by atoms with Crippen LogP contribution in [-0.4, -0.2) is 11.5 Å². The average molecular weight is 302 g/mol. The van der Waals surface area contributed by atoms with Crippen molar-refractivity contribution in [3.05, 3.63) is 46.3 Å². The van der Waals surface area contributed by atoms with Crippen molar-refractivity contribution in [3.63, 3.8) is 0 Å². The third-order valence-electron chi connectivity index (χ3n) is 3.69. The van der Waals surface area contributed by atoms with Crippen molar-refractivity contribution in [2.75, 3.05) is 0 Å². The Hall–Kier alpha value is -1.87. The van der Waals surface area contributed by atoms with E-state index < -0.39 is 0 Å². The van der Waals surface area contributed by atoms with Crippen LogP contribution in [0.3, 0.4) is 0 Å². The molecule has 2 aromatic rings. The molecule has 1 aromatic heterocycles. The third-order valence-corrected chi connectivity index (χ3v) is 4.16. The number of aryl methyl sites for hydroxylation is 1. The first-order chi connectivity index (χ1) is 10.0. The molecule has 2 heterocycles. The van der Waals surface area contributed by atoms with Gasteiger partial charge in [0.05, 0.1) is 11.3 Å². The van der Waals surface area contributed by atoms with Crippen LogP contribution in [0.25, 0.3) is 11.0 Å². The largest absolute Gasteiger partial charge is 0.462 e. The predicted octanol–water partition coefficient (Wildman–Crippen LogP) is 4.64. The van der Waals surface area contributed by atoms with Gasteiger partial charge in [0.1, 0.15) is 5.78 Å². The lowest BCUT2D eigenvalue weighted by molar-refractivity contribution is -0.117. The summed E-state index contributed by atoms with van der Waals surface area (Å²) < 4.78 is 5.52. The van der Waals surface area contributed by atoms with E-state index >= 15 is 0 Å². The van der Waals surface area contributed by atoms with E-state index in [0.29, 0.717) is 23.4 Å². The monoisotopic (exact) mass is 301 g/mol. The fourth-order valence-electron chi connectivity index (χ4n) is 2.58. The number of nitrogens with zero attached hydrogens (tertiary/aromatic N) is 1. The Bertz CT molecular complexity index is 783. The summed E-state index contributed by atoms with van der Waals surface area (Å²) >= 11 is 6.22. The van der Waals surface area contributed by atoms with E-state index in [4.69, 9.17) is 16.0 Å². The molecule has 0 unspecified atom stereocenters. The summed E-state index contributed by atoms with van der Waals surface area (Å²) in [5.74, 6) is 0.149. The fourth-order valence-corrected chi connectivity index (χ4v) is 2.79. The minimum Gasteiger partial charge on any atom is -0.462 e. The van der Waals surface area contributed by atoms with Gasteiger partial charge in [-0.25, -0.2) is 0 Å². The number of ketones is 1. The van der Waals surface area contributed by atoms with E-state index in [-0.39, 0.29) is 5.78 Å². The van der Waals surface area contributed by atoms with Gasteiger partial charge in [-0.3, -0.25) is 9.79 Å². The number of Topliss-reactive ketones (excluding diaryl/α,β-unsaturated/α-hetero) is 1. The Kier molecular flexibility index (Phi) is 3.68. The third kappa shape index (κ3) is 2.79. The van der Waals surface area contributed by atoms with Gasteiger partial charge in [-0.1, -0.05) is 23.7 Å². The first kappa shape index (κ1) is 14.1. The number of carbonyl (C=O) groups excluding carboxylic acids is 1. The Morgan fingerprint density at radius 3 is 2.86 bits per heavy atom. The van der Waals surface area contributed by atoms with E-state index in [2.05, 4.69) is 4.99 Å². The van der Waals surface area contributed by atoms with Crippen molar-refractivity contribution in [2.24, 2.45) is 4.99 Å². The van der Waals surface area contributed by atoms with Crippen LogP contribution in [0.4, 0.5) is 0 Å². The van der Waals surface area contributed by atoms with Gasteiger partial charge in [0, 0.05) is 42.1 Å². The number of hydrogen-bond acceptors (Lipinski definition) is 3. The van der Waals surface area contributed by atoms with Gasteiger partial charge in [-0.05, 0) is 25.0 Å². The lowest BCUT2D eigenvalue weighted by atomic mass is 10.0. The summed E-state index contributed by atoms with van der Waals surface area (Å²) in [7, 11) is 0. The number of hydrogen-bond donors (Lipinski definition) is 0.